The fourth-order valence-electron chi connectivity index (χ4n) is 3.15. The molecular formula is C23H28F2N2O3. The van der Waals surface area contributed by atoms with E-state index in [-0.39, 0.29) is 28.5 Å². The highest BCUT2D eigenvalue weighted by Crippen LogP contribution is 2.37. The van der Waals surface area contributed by atoms with E-state index in [0.29, 0.717) is 5.69 Å². The van der Waals surface area contributed by atoms with E-state index in [1.165, 1.54) is 18.7 Å². The van der Waals surface area contributed by atoms with Crippen LogP contribution in [0.5, 0.6) is 11.5 Å². The number of halogens is 2. The van der Waals surface area contributed by atoms with Crippen LogP contribution < -0.4 is 20.1 Å². The standard InChI is InChI=1S/C23H28F2N2O3/c1-13-10-14(23(2,3)4)6-9-17(13)26-16-11-18(29-5)20(19(12-16)30-22(24)25)21(28)27-15-7-8-15/h6,9-12,15,22,26H,7-8H2,1-5H3,(H,27,28). The van der Waals surface area contributed by atoms with Crippen molar-refractivity contribution < 1.29 is 23.0 Å². The molecule has 30 heavy (non-hydrogen) atoms. The van der Waals surface area contributed by atoms with Crippen molar-refractivity contribution in [3.63, 3.8) is 0 Å². The van der Waals surface area contributed by atoms with Gasteiger partial charge in [0.25, 0.3) is 5.91 Å². The van der Waals surface area contributed by atoms with Gasteiger partial charge in [-0.25, -0.2) is 0 Å². The summed E-state index contributed by atoms with van der Waals surface area (Å²) in [4.78, 5) is 12.6. The second-order valence-corrected chi connectivity index (χ2v) is 8.58. The normalized spacial score (nSPS) is 13.9. The van der Waals surface area contributed by atoms with Gasteiger partial charge in [-0.15, -0.1) is 0 Å². The molecule has 0 aliphatic heterocycles. The van der Waals surface area contributed by atoms with Crippen LogP contribution in [0.3, 0.4) is 0 Å². The number of amides is 1. The van der Waals surface area contributed by atoms with Gasteiger partial charge in [0, 0.05) is 29.5 Å². The van der Waals surface area contributed by atoms with E-state index in [0.717, 1.165) is 24.1 Å². The van der Waals surface area contributed by atoms with E-state index >= 15 is 0 Å². The number of anilines is 2. The zero-order valence-electron chi connectivity index (χ0n) is 17.9. The molecule has 3 rings (SSSR count). The molecule has 1 fully saturated rings. The molecule has 2 aromatic carbocycles. The molecule has 2 aromatic rings. The van der Waals surface area contributed by atoms with Crippen LogP contribution in [0.25, 0.3) is 0 Å². The number of aryl methyl sites for hydroxylation is 1. The van der Waals surface area contributed by atoms with Crippen molar-refractivity contribution in [1.29, 1.82) is 0 Å². The molecule has 0 atom stereocenters. The maximum absolute atomic E-state index is 13.0. The third-order valence-electron chi connectivity index (χ3n) is 5.01. The van der Waals surface area contributed by atoms with Crippen LogP contribution in [0.1, 0.15) is 55.1 Å². The lowest BCUT2D eigenvalue weighted by Crippen LogP contribution is -2.26. The largest absolute Gasteiger partial charge is 0.496 e. The zero-order chi connectivity index (χ0) is 22.1. The zero-order valence-corrected chi connectivity index (χ0v) is 17.9. The first-order valence-corrected chi connectivity index (χ1v) is 9.94. The second-order valence-electron chi connectivity index (χ2n) is 8.58. The molecule has 0 aromatic heterocycles. The highest BCUT2D eigenvalue weighted by Gasteiger charge is 2.28. The number of hydrogen-bond acceptors (Lipinski definition) is 4. The van der Waals surface area contributed by atoms with E-state index in [9.17, 15) is 13.6 Å². The maximum Gasteiger partial charge on any atom is 0.387 e. The Hall–Kier alpha value is -2.83. The maximum atomic E-state index is 13.0. The molecule has 0 heterocycles. The fraction of sp³-hybridized carbons (Fsp3) is 0.435. The molecule has 1 aliphatic carbocycles. The molecule has 1 saturated carbocycles. The summed E-state index contributed by atoms with van der Waals surface area (Å²) in [5.41, 5.74) is 3.49. The summed E-state index contributed by atoms with van der Waals surface area (Å²) in [5.74, 6) is -0.547. The average Bonchev–Trinajstić information content (AvgIpc) is 3.45. The predicted octanol–water partition coefficient (Wildman–Crippen LogP) is 5.54. The van der Waals surface area contributed by atoms with Crippen molar-refractivity contribution in [2.24, 2.45) is 0 Å². The van der Waals surface area contributed by atoms with Crippen LogP contribution in [0.4, 0.5) is 20.2 Å². The highest BCUT2D eigenvalue weighted by atomic mass is 19.3. The third-order valence-corrected chi connectivity index (χ3v) is 5.01. The lowest BCUT2D eigenvalue weighted by atomic mass is 9.86. The van der Waals surface area contributed by atoms with Crippen LogP contribution in [0, 0.1) is 6.92 Å². The molecule has 0 radical (unpaired) electrons. The molecule has 162 valence electrons. The van der Waals surface area contributed by atoms with E-state index < -0.39 is 12.5 Å². The summed E-state index contributed by atoms with van der Waals surface area (Å²) in [6.07, 6.45) is 1.76. The minimum Gasteiger partial charge on any atom is -0.496 e. The van der Waals surface area contributed by atoms with Crippen molar-refractivity contribution in [2.75, 3.05) is 12.4 Å². The van der Waals surface area contributed by atoms with Gasteiger partial charge in [-0.2, -0.15) is 8.78 Å². The monoisotopic (exact) mass is 418 g/mol. The van der Waals surface area contributed by atoms with Gasteiger partial charge in [-0.1, -0.05) is 32.9 Å². The topological polar surface area (TPSA) is 59.6 Å². The number of hydrogen-bond donors (Lipinski definition) is 2. The minimum absolute atomic E-state index is 0.0152. The summed E-state index contributed by atoms with van der Waals surface area (Å²) in [5, 5.41) is 6.01. The van der Waals surface area contributed by atoms with E-state index in [1.54, 1.807) is 6.07 Å². The molecule has 5 nitrogen and oxygen atoms in total. The minimum atomic E-state index is -3.06. The van der Waals surface area contributed by atoms with Gasteiger partial charge in [0.15, 0.2) is 0 Å². The molecule has 7 heteroatoms. The van der Waals surface area contributed by atoms with Gasteiger partial charge in [0.2, 0.25) is 0 Å². The lowest BCUT2D eigenvalue weighted by Gasteiger charge is -2.21. The summed E-state index contributed by atoms with van der Waals surface area (Å²) in [6, 6.07) is 9.14. The Morgan fingerprint density at radius 2 is 1.80 bits per heavy atom. The first kappa shape index (κ1) is 21.9. The quantitative estimate of drug-likeness (QED) is 0.620. The summed E-state index contributed by atoms with van der Waals surface area (Å²) < 4.78 is 36.1. The van der Waals surface area contributed by atoms with E-state index in [1.807, 2.05) is 19.1 Å². The van der Waals surface area contributed by atoms with Crippen LogP contribution in [0.15, 0.2) is 30.3 Å². The van der Waals surface area contributed by atoms with Gasteiger partial charge in [0.05, 0.1) is 7.11 Å². The Bertz CT molecular complexity index is 935. The number of alkyl halides is 2. The Kier molecular flexibility index (Phi) is 6.19. The van der Waals surface area contributed by atoms with Crippen molar-refractivity contribution in [3.8, 4) is 11.5 Å². The number of ether oxygens (including phenoxy) is 2. The Balaban J connectivity index is 1.96. The van der Waals surface area contributed by atoms with Gasteiger partial charge < -0.3 is 20.1 Å². The molecule has 0 bridgehead atoms. The highest BCUT2D eigenvalue weighted by molar-refractivity contribution is 6.01. The van der Waals surface area contributed by atoms with Gasteiger partial charge in [0.1, 0.15) is 17.1 Å². The molecule has 1 aliphatic rings. The second kappa shape index (κ2) is 8.50. The number of nitrogens with one attached hydrogen (secondary N) is 2. The van der Waals surface area contributed by atoms with Gasteiger partial charge in [-0.3, -0.25) is 4.79 Å². The molecule has 0 saturated heterocycles. The summed E-state index contributed by atoms with van der Waals surface area (Å²) in [6.45, 7) is 5.32. The Morgan fingerprint density at radius 1 is 1.13 bits per heavy atom. The van der Waals surface area contributed by atoms with E-state index in [2.05, 4.69) is 42.2 Å². The summed E-state index contributed by atoms with van der Waals surface area (Å²) >= 11 is 0. The number of methoxy groups -OCH3 is 1. The molecule has 0 unspecified atom stereocenters. The first-order valence-electron chi connectivity index (χ1n) is 9.94. The van der Waals surface area contributed by atoms with Gasteiger partial charge >= 0.3 is 6.61 Å². The predicted molar refractivity (Wildman–Crippen MR) is 113 cm³/mol. The first-order chi connectivity index (χ1) is 14.1. The molecule has 1 amide bonds. The average molecular weight is 418 g/mol. The number of rotatable bonds is 7. The van der Waals surface area contributed by atoms with E-state index in [4.69, 9.17) is 4.74 Å². The molecule has 2 N–H and O–H groups in total. The Morgan fingerprint density at radius 3 is 2.33 bits per heavy atom. The SMILES string of the molecule is COc1cc(Nc2ccc(C(C)(C)C)cc2C)cc(OC(F)F)c1C(=O)NC1CC1. The lowest BCUT2D eigenvalue weighted by molar-refractivity contribution is -0.0502. The van der Waals surface area contributed by atoms with Crippen LogP contribution in [0.2, 0.25) is 0 Å². The smallest absolute Gasteiger partial charge is 0.387 e. The van der Waals surface area contributed by atoms with Gasteiger partial charge in [-0.05, 0) is 42.4 Å². The number of benzene rings is 2. The number of carbonyl (C=O) groups is 1. The van der Waals surface area contributed by atoms with Crippen LogP contribution >= 0.6 is 0 Å². The van der Waals surface area contributed by atoms with Crippen LogP contribution in [-0.2, 0) is 5.41 Å². The van der Waals surface area contributed by atoms with Crippen molar-refractivity contribution >= 4 is 17.3 Å². The Labute approximate surface area is 175 Å². The summed E-state index contributed by atoms with van der Waals surface area (Å²) in [7, 11) is 1.39. The van der Waals surface area contributed by atoms with Crippen molar-refractivity contribution in [3.05, 3.63) is 47.0 Å². The third kappa shape index (κ3) is 5.20. The number of carbonyl (C=O) groups excluding carboxylic acids is 1. The molecule has 0 spiro atoms. The van der Waals surface area contributed by atoms with Crippen molar-refractivity contribution in [2.45, 2.75) is 58.6 Å². The van der Waals surface area contributed by atoms with Crippen molar-refractivity contribution in [1.82, 2.24) is 5.32 Å². The molecular weight excluding hydrogens is 390 g/mol. The fourth-order valence-corrected chi connectivity index (χ4v) is 3.15. The van der Waals surface area contributed by atoms with Crippen LogP contribution in [-0.4, -0.2) is 25.7 Å².